The van der Waals surface area contributed by atoms with Gasteiger partial charge in [-0.1, -0.05) is 23.7 Å². The second-order valence-electron chi connectivity index (χ2n) is 4.32. The van der Waals surface area contributed by atoms with Crippen molar-refractivity contribution in [1.82, 2.24) is 9.38 Å². The first-order valence-corrected chi connectivity index (χ1v) is 6.30. The van der Waals surface area contributed by atoms with Crippen LogP contribution < -0.4 is 0 Å². The molecule has 2 aromatic heterocycles. The molecule has 0 aliphatic heterocycles. The third-order valence-corrected chi connectivity index (χ3v) is 3.29. The van der Waals surface area contributed by atoms with Crippen LogP contribution in [0, 0.1) is 0 Å². The van der Waals surface area contributed by atoms with E-state index in [1.54, 1.807) is 12.3 Å². The Labute approximate surface area is 115 Å². The fraction of sp³-hybridized carbons (Fsp3) is 0.0667. The van der Waals surface area contributed by atoms with Crippen LogP contribution in [0.4, 0.5) is 0 Å². The average Bonchev–Trinajstić information content (AvgIpc) is 2.82. The number of hydrogen-bond donors (Lipinski definition) is 0. The maximum absolute atomic E-state index is 11.0. The summed E-state index contributed by atoms with van der Waals surface area (Å²) in [4.78, 5) is 15.4. The van der Waals surface area contributed by atoms with E-state index in [2.05, 4.69) is 4.98 Å². The molecule has 0 aliphatic rings. The highest BCUT2D eigenvalue weighted by molar-refractivity contribution is 6.30. The van der Waals surface area contributed by atoms with Gasteiger partial charge in [0.05, 0.1) is 11.7 Å². The quantitative estimate of drug-likeness (QED) is 0.684. The number of nitrogens with zero attached hydrogens (tertiary/aromatic N) is 2. The topological polar surface area (TPSA) is 34.4 Å². The smallest absolute Gasteiger partial charge is 0.152 e. The Morgan fingerprint density at radius 1 is 1.26 bits per heavy atom. The summed E-state index contributed by atoms with van der Waals surface area (Å²) in [5.74, 6) is 0.890. The molecule has 0 saturated carbocycles. The number of pyridine rings is 1. The zero-order chi connectivity index (χ0) is 13.2. The normalized spacial score (nSPS) is 10.8. The number of benzene rings is 1. The van der Waals surface area contributed by atoms with Crippen molar-refractivity contribution in [3.05, 3.63) is 70.8 Å². The number of carbonyl (C=O) groups is 1. The van der Waals surface area contributed by atoms with Gasteiger partial charge in [0.1, 0.15) is 5.82 Å². The highest BCUT2D eigenvalue weighted by Gasteiger charge is 2.07. The van der Waals surface area contributed by atoms with Crippen LogP contribution in [-0.2, 0) is 6.42 Å². The Hall–Kier alpha value is -2.13. The lowest BCUT2D eigenvalue weighted by Crippen LogP contribution is -1.97. The number of imidazole rings is 1. The van der Waals surface area contributed by atoms with E-state index >= 15 is 0 Å². The summed E-state index contributed by atoms with van der Waals surface area (Å²) in [5.41, 5.74) is 2.57. The zero-order valence-electron chi connectivity index (χ0n) is 10.1. The van der Waals surface area contributed by atoms with Gasteiger partial charge in [-0.2, -0.15) is 0 Å². The number of aromatic nitrogens is 2. The molecule has 2 heterocycles. The molecule has 0 aliphatic carbocycles. The summed E-state index contributed by atoms with van der Waals surface area (Å²) < 4.78 is 1.94. The van der Waals surface area contributed by atoms with Crippen molar-refractivity contribution in [3.63, 3.8) is 0 Å². The van der Waals surface area contributed by atoms with Crippen LogP contribution in [0.5, 0.6) is 0 Å². The lowest BCUT2D eigenvalue weighted by Gasteiger charge is -2.03. The summed E-state index contributed by atoms with van der Waals surface area (Å²) in [6.07, 6.45) is 5.16. The third kappa shape index (κ3) is 2.25. The molecule has 94 valence electrons. The molecule has 0 bridgehead atoms. The van der Waals surface area contributed by atoms with Crippen LogP contribution >= 0.6 is 11.6 Å². The molecule has 0 atom stereocenters. The minimum atomic E-state index is 0.646. The Bertz CT molecular complexity index is 749. The van der Waals surface area contributed by atoms with Crippen LogP contribution in [0.15, 0.2) is 48.8 Å². The molecule has 1 aromatic carbocycles. The molecule has 0 radical (unpaired) electrons. The van der Waals surface area contributed by atoms with Crippen LogP contribution in [0.25, 0.3) is 5.52 Å². The first kappa shape index (κ1) is 11.9. The second-order valence-corrected chi connectivity index (χ2v) is 4.75. The first-order valence-electron chi connectivity index (χ1n) is 5.92. The largest absolute Gasteiger partial charge is 0.303 e. The molecular weight excluding hydrogens is 260 g/mol. The Balaban J connectivity index is 2.04. The van der Waals surface area contributed by atoms with E-state index in [-0.39, 0.29) is 0 Å². The van der Waals surface area contributed by atoms with Gasteiger partial charge in [0.2, 0.25) is 0 Å². The van der Waals surface area contributed by atoms with Crippen molar-refractivity contribution in [2.24, 2.45) is 0 Å². The van der Waals surface area contributed by atoms with Gasteiger partial charge in [0.25, 0.3) is 0 Å². The number of halogens is 1. The summed E-state index contributed by atoms with van der Waals surface area (Å²) >= 11 is 5.98. The predicted molar refractivity (Wildman–Crippen MR) is 74.8 cm³/mol. The van der Waals surface area contributed by atoms with E-state index in [4.69, 9.17) is 11.6 Å². The van der Waals surface area contributed by atoms with Gasteiger partial charge >= 0.3 is 0 Å². The lowest BCUT2D eigenvalue weighted by molar-refractivity contribution is 0.112. The summed E-state index contributed by atoms with van der Waals surface area (Å²) in [6.45, 7) is 0. The fourth-order valence-electron chi connectivity index (χ4n) is 2.16. The van der Waals surface area contributed by atoms with Crippen LogP contribution in [0.1, 0.15) is 21.7 Å². The Kier molecular flexibility index (Phi) is 3.05. The summed E-state index contributed by atoms with van der Waals surface area (Å²) in [6, 6.07) is 11.3. The molecule has 0 unspecified atom stereocenters. The Morgan fingerprint density at radius 2 is 2.16 bits per heavy atom. The third-order valence-electron chi connectivity index (χ3n) is 3.06. The number of hydrogen-bond acceptors (Lipinski definition) is 2. The van der Waals surface area contributed by atoms with Gasteiger partial charge in [-0.15, -0.1) is 0 Å². The number of rotatable bonds is 3. The molecule has 0 fully saturated rings. The van der Waals surface area contributed by atoms with Crippen LogP contribution in [0.2, 0.25) is 5.02 Å². The van der Waals surface area contributed by atoms with E-state index in [1.807, 2.05) is 40.9 Å². The van der Waals surface area contributed by atoms with Crippen molar-refractivity contribution in [1.29, 1.82) is 0 Å². The summed E-state index contributed by atoms with van der Waals surface area (Å²) in [5, 5.41) is 0.715. The first-order chi connectivity index (χ1) is 9.28. The van der Waals surface area contributed by atoms with Crippen LogP contribution in [-0.4, -0.2) is 15.7 Å². The van der Waals surface area contributed by atoms with Crippen molar-refractivity contribution < 1.29 is 4.79 Å². The molecular formula is C15H11ClN2O. The van der Waals surface area contributed by atoms with E-state index in [1.165, 1.54) is 0 Å². The molecule has 0 amide bonds. The molecule has 0 saturated heterocycles. The van der Waals surface area contributed by atoms with Crippen molar-refractivity contribution >= 4 is 23.4 Å². The zero-order valence-corrected chi connectivity index (χ0v) is 10.8. The van der Waals surface area contributed by atoms with E-state index in [0.717, 1.165) is 23.2 Å². The van der Waals surface area contributed by atoms with E-state index in [0.29, 0.717) is 17.0 Å². The van der Waals surface area contributed by atoms with E-state index in [9.17, 15) is 4.79 Å². The van der Waals surface area contributed by atoms with Crippen LogP contribution in [0.3, 0.4) is 0 Å². The Morgan fingerprint density at radius 3 is 2.95 bits per heavy atom. The molecule has 3 nitrogen and oxygen atoms in total. The standard InChI is InChI=1S/C15H11ClN2O/c16-13-5-1-3-11(7-13)8-15-17-9-14-12(10-19)4-2-6-18(14)15/h1-7,9-10H,8H2. The van der Waals surface area contributed by atoms with Gasteiger partial charge in [0.15, 0.2) is 6.29 Å². The van der Waals surface area contributed by atoms with E-state index < -0.39 is 0 Å². The molecule has 3 aromatic rings. The monoisotopic (exact) mass is 270 g/mol. The minimum Gasteiger partial charge on any atom is -0.303 e. The second kappa shape index (κ2) is 4.86. The lowest BCUT2D eigenvalue weighted by atomic mass is 10.1. The molecule has 19 heavy (non-hydrogen) atoms. The molecule has 0 N–H and O–H groups in total. The highest BCUT2D eigenvalue weighted by atomic mass is 35.5. The minimum absolute atomic E-state index is 0.646. The maximum Gasteiger partial charge on any atom is 0.152 e. The van der Waals surface area contributed by atoms with Crippen molar-refractivity contribution in [3.8, 4) is 0 Å². The van der Waals surface area contributed by atoms with Crippen molar-refractivity contribution in [2.45, 2.75) is 6.42 Å². The van der Waals surface area contributed by atoms with Gasteiger partial charge < -0.3 is 4.40 Å². The molecule has 4 heteroatoms. The summed E-state index contributed by atoms with van der Waals surface area (Å²) in [7, 11) is 0. The predicted octanol–water partition coefficient (Wildman–Crippen LogP) is 3.39. The number of carbonyl (C=O) groups excluding carboxylic acids is 1. The maximum atomic E-state index is 11.0. The van der Waals surface area contributed by atoms with Crippen molar-refractivity contribution in [2.75, 3.05) is 0 Å². The molecule has 0 spiro atoms. The average molecular weight is 271 g/mol. The van der Waals surface area contributed by atoms with Gasteiger partial charge in [-0.25, -0.2) is 4.98 Å². The van der Waals surface area contributed by atoms with Gasteiger partial charge in [-0.3, -0.25) is 4.79 Å². The number of aldehydes is 1. The molecule has 3 rings (SSSR count). The van der Waals surface area contributed by atoms with Gasteiger partial charge in [0, 0.05) is 23.2 Å². The fourth-order valence-corrected chi connectivity index (χ4v) is 2.37. The SMILES string of the molecule is O=Cc1cccn2c(Cc3cccc(Cl)c3)ncc12. The highest BCUT2D eigenvalue weighted by Crippen LogP contribution is 2.16. The number of fused-ring (bicyclic) bond motifs is 1. The van der Waals surface area contributed by atoms with Gasteiger partial charge in [-0.05, 0) is 29.8 Å².